The molecule has 43 heavy (non-hydrogen) atoms. The normalized spacial score (nSPS) is 24.6. The predicted octanol–water partition coefficient (Wildman–Crippen LogP) is 3.81. The summed E-state index contributed by atoms with van der Waals surface area (Å²) in [6.07, 6.45) is 1.77. The van der Waals surface area contributed by atoms with Gasteiger partial charge in [-0.15, -0.1) is 11.3 Å². The van der Waals surface area contributed by atoms with Crippen molar-refractivity contribution >= 4 is 40.7 Å². The molecule has 2 saturated heterocycles. The topological polar surface area (TPSA) is 111 Å². The highest BCUT2D eigenvalue weighted by molar-refractivity contribution is 7.11. The third-order valence-electron chi connectivity index (χ3n) is 8.22. The van der Waals surface area contributed by atoms with Crippen molar-refractivity contribution in [2.24, 2.45) is 10.4 Å². The number of benzene rings is 1. The summed E-state index contributed by atoms with van der Waals surface area (Å²) in [7, 11) is 2.91. The lowest BCUT2D eigenvalue weighted by molar-refractivity contribution is -0.148. The second-order valence-corrected chi connectivity index (χ2v) is 12.8. The van der Waals surface area contributed by atoms with Gasteiger partial charge in [-0.3, -0.25) is 14.7 Å². The molecule has 1 aromatic carbocycles. The first kappa shape index (κ1) is 31.4. The summed E-state index contributed by atoms with van der Waals surface area (Å²) in [6, 6.07) is 0.914. The molecule has 0 amide bonds. The maximum atomic E-state index is 15.7. The first-order chi connectivity index (χ1) is 20.2. The highest BCUT2D eigenvalue weighted by atomic mass is 35.5. The highest BCUT2D eigenvalue weighted by Crippen LogP contribution is 2.43. The molecule has 2 fully saturated rings. The van der Waals surface area contributed by atoms with E-state index in [0.717, 1.165) is 6.07 Å². The Morgan fingerprint density at radius 2 is 2.07 bits per heavy atom. The van der Waals surface area contributed by atoms with Crippen LogP contribution in [0.5, 0.6) is 0 Å². The number of carboxylic acids is 1. The summed E-state index contributed by atoms with van der Waals surface area (Å²) in [4.78, 5) is 35.5. The zero-order valence-corrected chi connectivity index (χ0v) is 25.6. The summed E-state index contributed by atoms with van der Waals surface area (Å²) < 4.78 is 50.5. The van der Waals surface area contributed by atoms with Gasteiger partial charge >= 0.3 is 11.9 Å². The number of likely N-dealkylation sites (N-methyl/N-ethyl adjacent to an activating group) is 1. The van der Waals surface area contributed by atoms with Crippen LogP contribution in [0.25, 0.3) is 0 Å². The summed E-state index contributed by atoms with van der Waals surface area (Å²) in [5, 5.41) is 18.2. The summed E-state index contributed by atoms with van der Waals surface area (Å²) >= 11 is 7.71. The lowest BCUT2D eigenvalue weighted by atomic mass is 9.89. The van der Waals surface area contributed by atoms with E-state index >= 15 is 8.78 Å². The number of esters is 1. The van der Waals surface area contributed by atoms with E-state index < -0.39 is 53.8 Å². The van der Waals surface area contributed by atoms with Gasteiger partial charge in [-0.2, -0.15) is 0 Å². The maximum Gasteiger partial charge on any atom is 0.338 e. The van der Waals surface area contributed by atoms with Crippen molar-refractivity contribution in [1.29, 1.82) is 0 Å². The number of nitrogens with one attached hydrogen (secondary N) is 1. The van der Waals surface area contributed by atoms with E-state index in [1.807, 2.05) is 0 Å². The number of halogens is 4. The van der Waals surface area contributed by atoms with Crippen LogP contribution in [-0.4, -0.2) is 101 Å². The Morgan fingerprint density at radius 3 is 2.70 bits per heavy atom. The number of fused-ring (bicyclic) bond motifs is 1. The van der Waals surface area contributed by atoms with Gasteiger partial charge in [0.1, 0.15) is 17.9 Å². The van der Waals surface area contributed by atoms with Crippen LogP contribution in [0.4, 0.5) is 13.2 Å². The van der Waals surface area contributed by atoms with Crippen molar-refractivity contribution in [1.82, 2.24) is 25.2 Å². The number of amidine groups is 1. The minimum absolute atomic E-state index is 0.0417. The van der Waals surface area contributed by atoms with Gasteiger partial charge in [-0.1, -0.05) is 17.7 Å². The predicted molar refractivity (Wildman–Crippen MR) is 154 cm³/mol. The number of nitrogens with zero attached hydrogens (tertiary/aromatic N) is 5. The molecular formula is C28H32ClF3N6O4S. The number of thiazole rings is 1. The molecule has 3 atom stereocenters. The van der Waals surface area contributed by atoms with Crippen molar-refractivity contribution in [3.63, 3.8) is 0 Å². The van der Waals surface area contributed by atoms with Crippen molar-refractivity contribution in [2.75, 3.05) is 40.3 Å². The number of hydrazine groups is 1. The quantitative estimate of drug-likeness (QED) is 0.396. The van der Waals surface area contributed by atoms with Crippen LogP contribution in [0.1, 0.15) is 36.9 Å². The van der Waals surface area contributed by atoms with Crippen LogP contribution < -0.4 is 5.32 Å². The molecule has 0 saturated carbocycles. The lowest BCUT2D eigenvalue weighted by Crippen LogP contribution is -2.49. The number of hydrogen-bond donors (Lipinski definition) is 2. The van der Waals surface area contributed by atoms with Gasteiger partial charge in [-0.05, 0) is 32.4 Å². The Labute approximate surface area is 255 Å². The second-order valence-electron chi connectivity index (χ2n) is 11.5. The Morgan fingerprint density at radius 1 is 1.33 bits per heavy atom. The van der Waals surface area contributed by atoms with Gasteiger partial charge < -0.3 is 15.2 Å². The first-order valence-corrected chi connectivity index (χ1v) is 14.8. The molecule has 0 aliphatic carbocycles. The van der Waals surface area contributed by atoms with E-state index in [1.165, 1.54) is 30.6 Å². The Hall–Kier alpha value is -3.04. The SMILES string of the molecule is COC(=O)C1=C(CN2CC(F)(F)C3C2CN(C)N3CCC(C)(C)C(=O)O)NC(c2nccs2)=N[C@H]1c1ccc(F)cc1Cl. The number of aliphatic imine (C=N–C) groups is 1. The van der Waals surface area contributed by atoms with Gasteiger partial charge in [0.2, 0.25) is 0 Å². The molecule has 0 bridgehead atoms. The van der Waals surface area contributed by atoms with Crippen molar-refractivity contribution in [2.45, 2.75) is 44.3 Å². The van der Waals surface area contributed by atoms with Gasteiger partial charge in [0.05, 0.1) is 24.6 Å². The number of methoxy groups -OCH3 is 1. The average Bonchev–Trinajstić information content (AvgIpc) is 3.64. The van der Waals surface area contributed by atoms with E-state index in [2.05, 4.69) is 10.3 Å². The fourth-order valence-electron chi connectivity index (χ4n) is 5.84. The smallest absolute Gasteiger partial charge is 0.338 e. The Kier molecular flexibility index (Phi) is 8.62. The van der Waals surface area contributed by atoms with Crippen LogP contribution in [0.2, 0.25) is 5.02 Å². The van der Waals surface area contributed by atoms with Crippen molar-refractivity contribution in [3.05, 3.63) is 62.5 Å². The van der Waals surface area contributed by atoms with Crippen LogP contribution in [0.15, 0.2) is 46.0 Å². The highest BCUT2D eigenvalue weighted by Gasteiger charge is 2.61. The zero-order valence-electron chi connectivity index (χ0n) is 24.0. The third kappa shape index (κ3) is 6.03. The molecule has 3 aliphatic heterocycles. The maximum absolute atomic E-state index is 15.7. The number of hydrogen-bond acceptors (Lipinski definition) is 10. The number of likely N-dealkylation sites (tertiary alicyclic amines) is 1. The minimum atomic E-state index is -3.13. The van der Waals surface area contributed by atoms with Crippen molar-refractivity contribution in [3.8, 4) is 0 Å². The van der Waals surface area contributed by atoms with Gasteiger partial charge in [0.25, 0.3) is 5.92 Å². The Balaban J connectivity index is 1.51. The van der Waals surface area contributed by atoms with Crippen LogP contribution in [0, 0.1) is 11.2 Å². The van der Waals surface area contributed by atoms with Crippen LogP contribution >= 0.6 is 22.9 Å². The number of aliphatic carboxylic acids is 1. The van der Waals surface area contributed by atoms with E-state index in [4.69, 9.17) is 21.3 Å². The van der Waals surface area contributed by atoms with Crippen molar-refractivity contribution < 1.29 is 32.6 Å². The third-order valence-corrected chi connectivity index (χ3v) is 9.33. The van der Waals surface area contributed by atoms with Gasteiger partial charge in [-0.25, -0.2) is 33.0 Å². The molecule has 2 unspecified atom stereocenters. The van der Waals surface area contributed by atoms with Crippen LogP contribution in [-0.2, 0) is 14.3 Å². The second kappa shape index (κ2) is 11.8. The summed E-state index contributed by atoms with van der Waals surface area (Å²) in [6.45, 7) is 2.89. The first-order valence-electron chi connectivity index (χ1n) is 13.6. The van der Waals surface area contributed by atoms with Gasteiger partial charge in [0, 0.05) is 60.6 Å². The molecule has 0 radical (unpaired) electrons. The molecule has 10 nitrogen and oxygen atoms in total. The number of carboxylic acid groups (broad SMARTS) is 1. The minimum Gasteiger partial charge on any atom is -0.481 e. The van der Waals surface area contributed by atoms with E-state index in [-0.39, 0.29) is 36.7 Å². The molecule has 0 spiro atoms. The number of carbonyl (C=O) groups is 2. The fraction of sp³-hybridized carbons (Fsp3) is 0.500. The monoisotopic (exact) mass is 640 g/mol. The number of alkyl halides is 2. The number of rotatable bonds is 9. The molecule has 4 heterocycles. The van der Waals surface area contributed by atoms with E-state index in [0.29, 0.717) is 22.1 Å². The van der Waals surface area contributed by atoms with Gasteiger partial charge in [0.15, 0.2) is 10.8 Å². The molecule has 2 aromatic rings. The molecule has 15 heteroatoms. The van der Waals surface area contributed by atoms with E-state index in [9.17, 15) is 19.1 Å². The molecule has 232 valence electrons. The molecule has 2 N–H and O–H groups in total. The average molecular weight is 641 g/mol. The summed E-state index contributed by atoms with van der Waals surface area (Å²) in [5.41, 5.74) is -0.383. The number of ether oxygens (including phenoxy) is 1. The standard InChI is InChI=1S/C28H32ClF3N6O4S/c1-27(2,26(40)41)7-9-38-22-19(13-36(38)3)37(14-28(22,31)32)12-18-20(25(39)42-4)21(16-6-5-15(30)11-17(16)29)35-23(34-18)24-33-8-10-43-24/h5-6,8,10-11,19,21-22H,7,9,12-14H2,1-4H3,(H,34,35)(H,40,41)/t19?,21-,22?/m0/s1. The molecule has 1 aromatic heterocycles. The fourth-order valence-corrected chi connectivity index (χ4v) is 6.70. The molecule has 3 aliphatic rings. The largest absolute Gasteiger partial charge is 0.481 e. The number of aromatic nitrogens is 1. The molecule has 5 rings (SSSR count). The molecular weight excluding hydrogens is 609 g/mol. The lowest BCUT2D eigenvalue weighted by Gasteiger charge is -2.33. The zero-order chi connectivity index (χ0) is 31.3. The summed E-state index contributed by atoms with van der Waals surface area (Å²) in [5.74, 6) is -5.12. The van der Waals surface area contributed by atoms with E-state index in [1.54, 1.807) is 47.4 Å². The Bertz CT molecular complexity index is 1470. The number of carbonyl (C=O) groups excluding carboxylic acids is 1. The van der Waals surface area contributed by atoms with Crippen LogP contribution in [0.3, 0.4) is 0 Å².